The molecule has 4 N–H and O–H groups in total. The molecule has 0 saturated heterocycles. The Morgan fingerprint density at radius 3 is 2.62 bits per heavy atom. The summed E-state index contributed by atoms with van der Waals surface area (Å²) in [5.41, 5.74) is 2.68. The molecule has 13 nitrogen and oxygen atoms in total. The summed E-state index contributed by atoms with van der Waals surface area (Å²) in [4.78, 5) is 66.9. The first-order valence-corrected chi connectivity index (χ1v) is 13.3. The molecule has 0 radical (unpaired) electrons. The molecule has 0 aliphatic carbocycles. The number of aromatic nitrogens is 5. The van der Waals surface area contributed by atoms with Gasteiger partial charge in [0.15, 0.2) is 5.65 Å². The molecule has 4 rings (SSSR count). The molecule has 13 heteroatoms. The van der Waals surface area contributed by atoms with Crippen LogP contribution in [0.2, 0.25) is 0 Å². The van der Waals surface area contributed by atoms with Crippen molar-refractivity contribution in [3.05, 3.63) is 94.6 Å². The lowest BCUT2D eigenvalue weighted by molar-refractivity contribution is -0.123. The lowest BCUT2D eigenvalue weighted by Crippen LogP contribution is -2.44. The molecule has 0 aliphatic heterocycles. The summed E-state index contributed by atoms with van der Waals surface area (Å²) in [5.74, 6) is -0.435. The highest BCUT2D eigenvalue weighted by Crippen LogP contribution is 2.15. The number of likely N-dealkylation sites (N-methyl/N-ethyl adjacent to an activating group) is 1. The SMILES string of the molecule is CN(C)C(=O)C=CCCC(NC(=O)O)C(=O)Nc1cccn(Cc2nc3ncnc(CCc4ccccc4)c3[nH]2)c1=O. The number of nitrogens with one attached hydrogen (secondary N) is 3. The third-order valence-electron chi connectivity index (χ3n) is 6.44. The maximum atomic E-state index is 13.2. The Labute approximate surface area is 241 Å². The number of carboxylic acid groups (broad SMARTS) is 1. The van der Waals surface area contributed by atoms with Gasteiger partial charge in [-0.25, -0.2) is 19.7 Å². The van der Waals surface area contributed by atoms with Gasteiger partial charge < -0.3 is 30.2 Å². The molecule has 3 heterocycles. The molecule has 42 heavy (non-hydrogen) atoms. The normalized spacial score (nSPS) is 11.9. The third-order valence-corrected chi connectivity index (χ3v) is 6.44. The first kappa shape index (κ1) is 29.6. The van der Waals surface area contributed by atoms with Gasteiger partial charge in [0.1, 0.15) is 29.4 Å². The van der Waals surface area contributed by atoms with E-state index in [0.717, 1.165) is 12.1 Å². The lowest BCUT2D eigenvalue weighted by atomic mass is 10.1. The van der Waals surface area contributed by atoms with E-state index in [2.05, 4.69) is 42.7 Å². The number of hydrogen-bond donors (Lipinski definition) is 4. The van der Waals surface area contributed by atoms with Gasteiger partial charge in [-0.15, -0.1) is 0 Å². The average molecular weight is 573 g/mol. The van der Waals surface area contributed by atoms with Crippen LogP contribution < -0.4 is 16.2 Å². The topological polar surface area (TPSA) is 175 Å². The number of rotatable bonds is 12. The van der Waals surface area contributed by atoms with Crippen molar-refractivity contribution in [1.82, 2.24) is 34.7 Å². The molecule has 0 aliphatic rings. The Kier molecular flexibility index (Phi) is 9.77. The minimum atomic E-state index is -1.38. The summed E-state index contributed by atoms with van der Waals surface area (Å²) in [6.45, 7) is 0.0819. The number of carbonyl (C=O) groups excluding carboxylic acids is 2. The second-order valence-electron chi connectivity index (χ2n) is 9.75. The van der Waals surface area contributed by atoms with Crippen LogP contribution in [-0.2, 0) is 29.0 Å². The van der Waals surface area contributed by atoms with Gasteiger partial charge in [-0.3, -0.25) is 14.4 Å². The van der Waals surface area contributed by atoms with Gasteiger partial charge in [-0.1, -0.05) is 36.4 Å². The van der Waals surface area contributed by atoms with Crippen LogP contribution in [0.15, 0.2) is 71.9 Å². The standard InChI is InChI=1S/C29H32N8O5/c1-36(2)24(38)13-7-6-11-21(33-29(41)42)27(39)32-22-12-8-16-37(28(22)40)17-23-34-25-20(30-18-31-26(25)35-23)15-14-19-9-4-3-5-10-19/h3-5,7-10,12-13,16,18,21,33H,6,11,14-15,17H2,1-2H3,(H,32,39)(H,41,42)(H,30,31,34,35). The predicted octanol–water partition coefficient (Wildman–Crippen LogP) is 2.35. The van der Waals surface area contributed by atoms with Crippen molar-refractivity contribution in [2.45, 2.75) is 38.3 Å². The maximum absolute atomic E-state index is 13.2. The van der Waals surface area contributed by atoms with E-state index < -0.39 is 23.6 Å². The maximum Gasteiger partial charge on any atom is 0.405 e. The van der Waals surface area contributed by atoms with E-state index in [-0.39, 0.29) is 31.0 Å². The first-order valence-electron chi connectivity index (χ1n) is 13.3. The molecule has 0 bridgehead atoms. The van der Waals surface area contributed by atoms with Crippen molar-refractivity contribution >= 4 is 34.8 Å². The Hall–Kier alpha value is -5.33. The van der Waals surface area contributed by atoms with Gasteiger partial charge in [0.25, 0.3) is 5.56 Å². The third kappa shape index (κ3) is 7.87. The molecule has 1 aromatic carbocycles. The monoisotopic (exact) mass is 572 g/mol. The van der Waals surface area contributed by atoms with Crippen LogP contribution in [0.5, 0.6) is 0 Å². The highest BCUT2D eigenvalue weighted by Gasteiger charge is 2.21. The number of aryl methyl sites for hydroxylation is 2. The van der Waals surface area contributed by atoms with Crippen molar-refractivity contribution in [3.8, 4) is 0 Å². The van der Waals surface area contributed by atoms with E-state index in [9.17, 15) is 24.3 Å². The number of imidazole rings is 1. The van der Waals surface area contributed by atoms with Crippen LogP contribution in [-0.4, -0.2) is 72.6 Å². The Bertz CT molecular complexity index is 1640. The smallest absolute Gasteiger partial charge is 0.405 e. The van der Waals surface area contributed by atoms with Crippen LogP contribution in [0.4, 0.5) is 10.5 Å². The van der Waals surface area contributed by atoms with E-state index in [1.54, 1.807) is 32.4 Å². The van der Waals surface area contributed by atoms with Gasteiger partial charge >= 0.3 is 6.09 Å². The number of hydrogen-bond acceptors (Lipinski definition) is 7. The van der Waals surface area contributed by atoms with Gasteiger partial charge in [-0.05, 0) is 49.5 Å². The zero-order valence-electron chi connectivity index (χ0n) is 23.3. The van der Waals surface area contributed by atoms with Crippen molar-refractivity contribution in [3.63, 3.8) is 0 Å². The van der Waals surface area contributed by atoms with E-state index in [4.69, 9.17) is 0 Å². The van der Waals surface area contributed by atoms with Gasteiger partial charge in [-0.2, -0.15) is 0 Å². The second-order valence-corrected chi connectivity index (χ2v) is 9.75. The molecular weight excluding hydrogens is 540 g/mol. The zero-order chi connectivity index (χ0) is 30.1. The van der Waals surface area contributed by atoms with Crippen molar-refractivity contribution in [2.24, 2.45) is 0 Å². The zero-order valence-corrected chi connectivity index (χ0v) is 23.3. The summed E-state index contributed by atoms with van der Waals surface area (Å²) in [7, 11) is 3.21. The molecule has 4 aromatic rings. The van der Waals surface area contributed by atoms with Crippen molar-refractivity contribution in [1.29, 1.82) is 0 Å². The molecule has 218 valence electrons. The number of anilines is 1. The molecular formula is C29H32N8O5. The highest BCUT2D eigenvalue weighted by molar-refractivity contribution is 5.96. The van der Waals surface area contributed by atoms with Crippen LogP contribution in [0.3, 0.4) is 0 Å². The van der Waals surface area contributed by atoms with Crippen LogP contribution in [0.1, 0.15) is 29.9 Å². The minimum Gasteiger partial charge on any atom is -0.465 e. The quantitative estimate of drug-likeness (QED) is 0.187. The summed E-state index contributed by atoms with van der Waals surface area (Å²) in [6, 6.07) is 12.0. The largest absolute Gasteiger partial charge is 0.465 e. The van der Waals surface area contributed by atoms with Gasteiger partial charge in [0, 0.05) is 20.3 Å². The Morgan fingerprint density at radius 1 is 1.10 bits per heavy atom. The number of carbonyl (C=O) groups is 3. The van der Waals surface area contributed by atoms with E-state index in [1.165, 1.54) is 33.5 Å². The van der Waals surface area contributed by atoms with Gasteiger partial charge in [0.2, 0.25) is 11.8 Å². The Balaban J connectivity index is 1.45. The van der Waals surface area contributed by atoms with Crippen LogP contribution in [0.25, 0.3) is 11.2 Å². The molecule has 3 amide bonds. The minimum absolute atomic E-state index is 0.0162. The number of amides is 3. The molecule has 0 fully saturated rings. The lowest BCUT2D eigenvalue weighted by Gasteiger charge is -2.16. The van der Waals surface area contributed by atoms with Gasteiger partial charge in [0.05, 0.1) is 12.2 Å². The number of nitrogens with zero attached hydrogens (tertiary/aromatic N) is 5. The molecule has 1 unspecified atom stereocenters. The fraction of sp³-hybridized carbons (Fsp3) is 0.276. The second kappa shape index (κ2) is 13.8. The van der Waals surface area contributed by atoms with E-state index in [1.807, 2.05) is 18.2 Å². The van der Waals surface area contributed by atoms with E-state index in [0.29, 0.717) is 23.4 Å². The summed E-state index contributed by atoms with van der Waals surface area (Å²) in [5, 5.41) is 13.9. The van der Waals surface area contributed by atoms with Crippen molar-refractivity contribution in [2.75, 3.05) is 19.4 Å². The first-order chi connectivity index (χ1) is 20.2. The number of fused-ring (bicyclic) bond motifs is 1. The summed E-state index contributed by atoms with van der Waals surface area (Å²) < 4.78 is 1.37. The van der Waals surface area contributed by atoms with Crippen LogP contribution in [0, 0.1) is 0 Å². The fourth-order valence-corrected chi connectivity index (χ4v) is 4.25. The highest BCUT2D eigenvalue weighted by atomic mass is 16.4. The molecule has 0 saturated carbocycles. The average Bonchev–Trinajstić information content (AvgIpc) is 3.39. The number of aromatic amines is 1. The molecule has 0 spiro atoms. The summed E-state index contributed by atoms with van der Waals surface area (Å²) in [6.07, 6.45) is 6.38. The Morgan fingerprint density at radius 2 is 1.88 bits per heavy atom. The number of allylic oxidation sites excluding steroid dienone is 1. The summed E-state index contributed by atoms with van der Waals surface area (Å²) >= 11 is 0. The van der Waals surface area contributed by atoms with Crippen molar-refractivity contribution < 1.29 is 19.5 Å². The fourth-order valence-electron chi connectivity index (χ4n) is 4.25. The van der Waals surface area contributed by atoms with Crippen LogP contribution >= 0.6 is 0 Å². The number of benzene rings is 1. The predicted molar refractivity (Wildman–Crippen MR) is 156 cm³/mol. The number of pyridine rings is 1. The molecule has 1 atom stereocenters. The molecule has 3 aromatic heterocycles. The van der Waals surface area contributed by atoms with E-state index >= 15 is 0 Å². The number of H-pyrrole nitrogens is 1.